The monoisotopic (exact) mass is 296 g/mol. The van der Waals surface area contributed by atoms with Crippen molar-refractivity contribution in [1.82, 2.24) is 4.90 Å². The van der Waals surface area contributed by atoms with Crippen molar-refractivity contribution in [2.75, 3.05) is 23.6 Å². The number of carbonyl (C=O) groups excluding carboxylic acids is 1. The van der Waals surface area contributed by atoms with E-state index in [-0.39, 0.29) is 0 Å². The molecule has 2 rings (SSSR count). The first kappa shape index (κ1) is 14.5. The van der Waals surface area contributed by atoms with Gasteiger partial charge in [-0.3, -0.25) is 0 Å². The van der Waals surface area contributed by atoms with Crippen molar-refractivity contribution in [2.45, 2.75) is 13.0 Å². The predicted molar refractivity (Wildman–Crippen MR) is 77.2 cm³/mol. The van der Waals surface area contributed by atoms with E-state index in [0.29, 0.717) is 29.7 Å². The van der Waals surface area contributed by atoms with Crippen molar-refractivity contribution in [2.24, 2.45) is 0 Å². The summed E-state index contributed by atoms with van der Waals surface area (Å²) in [5, 5.41) is 11.8. The van der Waals surface area contributed by atoms with Gasteiger partial charge in [-0.05, 0) is 19.1 Å². The van der Waals surface area contributed by atoms with Crippen molar-refractivity contribution in [3.05, 3.63) is 24.3 Å². The summed E-state index contributed by atoms with van der Waals surface area (Å²) in [6, 6.07) is 5.88. The minimum Gasteiger partial charge on any atom is -0.492 e. The molecular formula is C13H16N2O4S. The van der Waals surface area contributed by atoms with Crippen LogP contribution in [0.1, 0.15) is 6.92 Å². The third kappa shape index (κ3) is 3.16. The largest absolute Gasteiger partial charge is 0.492 e. The van der Waals surface area contributed by atoms with E-state index in [1.54, 1.807) is 18.2 Å². The van der Waals surface area contributed by atoms with Gasteiger partial charge in [-0.1, -0.05) is 12.1 Å². The number of anilines is 1. The highest BCUT2D eigenvalue weighted by Gasteiger charge is 2.34. The van der Waals surface area contributed by atoms with E-state index in [9.17, 15) is 9.59 Å². The maximum Gasteiger partial charge on any atom is 0.327 e. The van der Waals surface area contributed by atoms with Crippen LogP contribution in [0, 0.1) is 0 Å². The average molecular weight is 296 g/mol. The summed E-state index contributed by atoms with van der Waals surface area (Å²) in [6.45, 7) is 2.35. The van der Waals surface area contributed by atoms with Crippen LogP contribution in [0.5, 0.6) is 5.75 Å². The zero-order valence-corrected chi connectivity index (χ0v) is 11.9. The maximum absolute atomic E-state index is 12.2. The fraction of sp³-hybridized carbons (Fsp3) is 0.385. The molecule has 1 saturated heterocycles. The Balaban J connectivity index is 2.10. The molecule has 0 bridgehead atoms. The number of thioether (sulfide) groups is 1. The molecule has 7 heteroatoms. The second-order valence-electron chi connectivity index (χ2n) is 4.18. The number of para-hydroxylation sites is 2. The number of aliphatic carboxylic acids is 1. The van der Waals surface area contributed by atoms with Crippen LogP contribution in [-0.2, 0) is 4.79 Å². The van der Waals surface area contributed by atoms with Gasteiger partial charge in [0, 0.05) is 5.75 Å². The number of hydrogen-bond acceptors (Lipinski definition) is 4. The molecule has 1 fully saturated rings. The number of nitrogens with zero attached hydrogens (tertiary/aromatic N) is 1. The van der Waals surface area contributed by atoms with Gasteiger partial charge in [0.15, 0.2) is 0 Å². The zero-order chi connectivity index (χ0) is 14.5. The highest BCUT2D eigenvalue weighted by molar-refractivity contribution is 7.99. The molecule has 1 aromatic carbocycles. The molecule has 0 aromatic heterocycles. The van der Waals surface area contributed by atoms with E-state index in [1.807, 2.05) is 13.0 Å². The van der Waals surface area contributed by atoms with Gasteiger partial charge in [0.1, 0.15) is 11.8 Å². The SMILES string of the molecule is CCOc1ccccc1NC(=O)N1CSCC1C(=O)O. The Morgan fingerprint density at radius 3 is 2.95 bits per heavy atom. The van der Waals surface area contributed by atoms with Crippen LogP contribution in [0.2, 0.25) is 0 Å². The Labute approximate surface area is 121 Å². The summed E-state index contributed by atoms with van der Waals surface area (Å²) in [4.78, 5) is 24.6. The smallest absolute Gasteiger partial charge is 0.327 e. The normalized spacial score (nSPS) is 17.9. The summed E-state index contributed by atoms with van der Waals surface area (Å²) >= 11 is 1.42. The summed E-state index contributed by atoms with van der Waals surface area (Å²) in [5.41, 5.74) is 0.542. The van der Waals surface area contributed by atoms with Crippen LogP contribution in [0.15, 0.2) is 24.3 Å². The Morgan fingerprint density at radius 2 is 2.25 bits per heavy atom. The molecule has 1 unspecified atom stereocenters. The van der Waals surface area contributed by atoms with E-state index in [4.69, 9.17) is 9.84 Å². The van der Waals surface area contributed by atoms with Gasteiger partial charge in [0.2, 0.25) is 0 Å². The minimum atomic E-state index is -0.983. The lowest BCUT2D eigenvalue weighted by Crippen LogP contribution is -2.44. The van der Waals surface area contributed by atoms with Gasteiger partial charge >= 0.3 is 12.0 Å². The van der Waals surface area contributed by atoms with E-state index < -0.39 is 18.0 Å². The summed E-state index contributed by atoms with van der Waals surface area (Å²) < 4.78 is 5.42. The molecule has 0 radical (unpaired) electrons. The molecule has 2 N–H and O–H groups in total. The summed E-state index contributed by atoms with van der Waals surface area (Å²) in [6.07, 6.45) is 0. The minimum absolute atomic E-state index is 0.375. The quantitative estimate of drug-likeness (QED) is 0.889. The number of hydrogen-bond donors (Lipinski definition) is 2. The topological polar surface area (TPSA) is 78.9 Å². The fourth-order valence-electron chi connectivity index (χ4n) is 1.89. The van der Waals surface area contributed by atoms with Crippen molar-refractivity contribution in [3.63, 3.8) is 0 Å². The molecule has 1 atom stereocenters. The van der Waals surface area contributed by atoms with Gasteiger partial charge in [0.25, 0.3) is 0 Å². The molecule has 1 aliphatic heterocycles. The average Bonchev–Trinajstić information content (AvgIpc) is 2.91. The number of amides is 2. The Bertz CT molecular complexity index is 509. The number of ether oxygens (including phenoxy) is 1. The molecular weight excluding hydrogens is 280 g/mol. The standard InChI is InChI=1S/C13H16N2O4S/c1-2-19-11-6-4-3-5-9(11)14-13(18)15-8-20-7-10(15)12(16)17/h3-6,10H,2,7-8H2,1H3,(H,14,18)(H,16,17). The predicted octanol–water partition coefficient (Wildman–Crippen LogP) is 2.08. The number of carboxylic acids is 1. The lowest BCUT2D eigenvalue weighted by atomic mass is 10.3. The van der Waals surface area contributed by atoms with Crippen LogP contribution in [0.25, 0.3) is 0 Å². The first-order valence-electron chi connectivity index (χ1n) is 6.23. The maximum atomic E-state index is 12.2. The van der Waals surface area contributed by atoms with Gasteiger partial charge < -0.3 is 20.1 Å². The third-order valence-corrected chi connectivity index (χ3v) is 3.87. The van der Waals surface area contributed by atoms with Crippen LogP contribution >= 0.6 is 11.8 Å². The molecule has 1 aromatic rings. The van der Waals surface area contributed by atoms with Crippen LogP contribution in [0.3, 0.4) is 0 Å². The highest BCUT2D eigenvalue weighted by Crippen LogP contribution is 2.26. The Morgan fingerprint density at radius 1 is 1.50 bits per heavy atom. The van der Waals surface area contributed by atoms with E-state index >= 15 is 0 Å². The molecule has 6 nitrogen and oxygen atoms in total. The van der Waals surface area contributed by atoms with Crippen LogP contribution < -0.4 is 10.1 Å². The van der Waals surface area contributed by atoms with Gasteiger partial charge in [0.05, 0.1) is 18.2 Å². The number of nitrogens with one attached hydrogen (secondary N) is 1. The highest BCUT2D eigenvalue weighted by atomic mass is 32.2. The van der Waals surface area contributed by atoms with Gasteiger partial charge in [-0.25, -0.2) is 9.59 Å². The number of carbonyl (C=O) groups is 2. The second-order valence-corrected chi connectivity index (χ2v) is 5.18. The van der Waals surface area contributed by atoms with Gasteiger partial charge in [-0.2, -0.15) is 0 Å². The van der Waals surface area contributed by atoms with Crippen LogP contribution in [-0.4, -0.2) is 46.3 Å². The number of carboxylic acid groups (broad SMARTS) is 1. The first-order valence-corrected chi connectivity index (χ1v) is 7.39. The zero-order valence-electron chi connectivity index (χ0n) is 11.0. The van der Waals surface area contributed by atoms with E-state index in [2.05, 4.69) is 5.32 Å². The van der Waals surface area contributed by atoms with E-state index in [1.165, 1.54) is 16.7 Å². The lowest BCUT2D eigenvalue weighted by Gasteiger charge is -2.21. The third-order valence-electron chi connectivity index (χ3n) is 2.86. The Kier molecular flexibility index (Phi) is 4.73. The Hall–Kier alpha value is -1.89. The molecule has 1 aliphatic rings. The molecule has 108 valence electrons. The molecule has 0 aliphatic carbocycles. The number of rotatable bonds is 4. The van der Waals surface area contributed by atoms with Crippen molar-refractivity contribution in [1.29, 1.82) is 0 Å². The number of benzene rings is 1. The van der Waals surface area contributed by atoms with Crippen molar-refractivity contribution < 1.29 is 19.4 Å². The molecule has 0 saturated carbocycles. The number of urea groups is 1. The fourth-order valence-corrected chi connectivity index (χ4v) is 3.03. The molecule has 0 spiro atoms. The van der Waals surface area contributed by atoms with Crippen molar-refractivity contribution >= 4 is 29.4 Å². The van der Waals surface area contributed by atoms with Crippen molar-refractivity contribution in [3.8, 4) is 5.75 Å². The molecule has 1 heterocycles. The van der Waals surface area contributed by atoms with Crippen LogP contribution in [0.4, 0.5) is 10.5 Å². The first-order chi connectivity index (χ1) is 9.63. The summed E-state index contributed by atoms with van der Waals surface area (Å²) in [5.74, 6) is 0.375. The van der Waals surface area contributed by atoms with Gasteiger partial charge in [-0.15, -0.1) is 11.8 Å². The second kappa shape index (κ2) is 6.51. The van der Waals surface area contributed by atoms with E-state index in [0.717, 1.165) is 0 Å². The molecule has 20 heavy (non-hydrogen) atoms. The lowest BCUT2D eigenvalue weighted by molar-refractivity contribution is -0.140. The summed E-state index contributed by atoms with van der Waals surface area (Å²) in [7, 11) is 0. The molecule has 2 amide bonds.